The first-order valence-corrected chi connectivity index (χ1v) is 7.92. The van der Waals surface area contributed by atoms with Crippen LogP contribution in [-0.2, 0) is 11.3 Å². The first kappa shape index (κ1) is 15.8. The van der Waals surface area contributed by atoms with Crippen LogP contribution in [0.25, 0.3) is 0 Å². The first-order chi connectivity index (χ1) is 9.35. The minimum Gasteiger partial charge on any atom is -0.481 e. The van der Waals surface area contributed by atoms with Gasteiger partial charge in [0.2, 0.25) is 0 Å². The number of hydrogen-bond donors (Lipinski definition) is 1. The van der Waals surface area contributed by atoms with Gasteiger partial charge in [0, 0.05) is 17.6 Å². The van der Waals surface area contributed by atoms with Gasteiger partial charge in [-0.1, -0.05) is 31.5 Å². The SMILES string of the molecule is CC(C)C1(C(=O)O)CCN(Cc2ccc(Cl)c(Br)c2)C1. The number of benzene rings is 1. The van der Waals surface area contributed by atoms with Crippen LogP contribution in [0.2, 0.25) is 5.02 Å². The third kappa shape index (κ3) is 3.02. The molecule has 5 heteroatoms. The Morgan fingerprint density at radius 2 is 2.25 bits per heavy atom. The van der Waals surface area contributed by atoms with Gasteiger partial charge >= 0.3 is 5.97 Å². The van der Waals surface area contributed by atoms with Crippen LogP contribution in [0, 0.1) is 11.3 Å². The van der Waals surface area contributed by atoms with E-state index >= 15 is 0 Å². The van der Waals surface area contributed by atoms with Crippen LogP contribution in [0.5, 0.6) is 0 Å². The van der Waals surface area contributed by atoms with E-state index in [-0.39, 0.29) is 5.92 Å². The van der Waals surface area contributed by atoms with Crippen LogP contribution in [0.3, 0.4) is 0 Å². The highest BCUT2D eigenvalue weighted by atomic mass is 79.9. The smallest absolute Gasteiger partial charge is 0.311 e. The van der Waals surface area contributed by atoms with Crippen LogP contribution < -0.4 is 0 Å². The number of likely N-dealkylation sites (tertiary alicyclic amines) is 1. The molecule has 1 saturated heterocycles. The fourth-order valence-electron chi connectivity index (χ4n) is 2.84. The van der Waals surface area contributed by atoms with Gasteiger partial charge in [0.05, 0.1) is 10.4 Å². The summed E-state index contributed by atoms with van der Waals surface area (Å²) < 4.78 is 0.879. The molecule has 1 aromatic rings. The Kier molecular flexibility index (Phi) is 4.77. The number of carboxylic acids is 1. The fourth-order valence-corrected chi connectivity index (χ4v) is 3.38. The van der Waals surface area contributed by atoms with Gasteiger partial charge in [0.15, 0.2) is 0 Å². The van der Waals surface area contributed by atoms with Crippen molar-refractivity contribution in [1.29, 1.82) is 0 Å². The van der Waals surface area contributed by atoms with E-state index in [1.807, 2.05) is 32.0 Å². The second kappa shape index (κ2) is 6.04. The van der Waals surface area contributed by atoms with E-state index in [0.717, 1.165) is 29.5 Å². The number of carboxylic acid groups (broad SMARTS) is 1. The van der Waals surface area contributed by atoms with Crippen LogP contribution in [-0.4, -0.2) is 29.1 Å². The standard InChI is InChI=1S/C15H19BrClNO2/c1-10(2)15(14(19)20)5-6-18(9-15)8-11-3-4-13(17)12(16)7-11/h3-4,7,10H,5-6,8-9H2,1-2H3,(H,19,20). The molecule has 1 aliphatic heterocycles. The molecule has 0 spiro atoms. The Morgan fingerprint density at radius 3 is 2.75 bits per heavy atom. The number of hydrogen-bond acceptors (Lipinski definition) is 2. The highest BCUT2D eigenvalue weighted by Crippen LogP contribution is 2.38. The molecule has 0 amide bonds. The van der Waals surface area contributed by atoms with Gasteiger partial charge < -0.3 is 5.11 Å². The highest BCUT2D eigenvalue weighted by Gasteiger charge is 2.46. The summed E-state index contributed by atoms with van der Waals surface area (Å²) in [5.74, 6) is -0.533. The topological polar surface area (TPSA) is 40.5 Å². The maximum absolute atomic E-state index is 11.6. The monoisotopic (exact) mass is 359 g/mol. The maximum atomic E-state index is 11.6. The lowest BCUT2D eigenvalue weighted by Gasteiger charge is -2.28. The first-order valence-electron chi connectivity index (χ1n) is 6.75. The largest absolute Gasteiger partial charge is 0.481 e. The van der Waals surface area contributed by atoms with Gasteiger partial charge in [-0.05, 0) is 52.5 Å². The number of halogens is 2. The fraction of sp³-hybridized carbons (Fsp3) is 0.533. The molecule has 2 rings (SSSR count). The van der Waals surface area contributed by atoms with E-state index in [1.54, 1.807) is 0 Å². The number of rotatable bonds is 4. The Morgan fingerprint density at radius 1 is 1.55 bits per heavy atom. The number of carbonyl (C=O) groups is 1. The van der Waals surface area contributed by atoms with Crippen LogP contribution in [0.1, 0.15) is 25.8 Å². The zero-order valence-electron chi connectivity index (χ0n) is 11.7. The van der Waals surface area contributed by atoms with Crippen LogP contribution in [0.15, 0.2) is 22.7 Å². The third-order valence-corrected chi connectivity index (χ3v) is 5.52. The van der Waals surface area contributed by atoms with Gasteiger partial charge in [0.25, 0.3) is 0 Å². The molecule has 0 radical (unpaired) electrons. The zero-order valence-corrected chi connectivity index (χ0v) is 14.0. The average molecular weight is 361 g/mol. The lowest BCUT2D eigenvalue weighted by Crippen LogP contribution is -2.39. The second-order valence-corrected chi connectivity index (χ2v) is 7.09. The van der Waals surface area contributed by atoms with Crippen molar-refractivity contribution >= 4 is 33.5 Å². The Labute approximate surface area is 133 Å². The number of aliphatic carboxylic acids is 1. The summed E-state index contributed by atoms with van der Waals surface area (Å²) >= 11 is 9.41. The van der Waals surface area contributed by atoms with Crippen molar-refractivity contribution in [2.75, 3.05) is 13.1 Å². The predicted octanol–water partition coefficient (Wildman–Crippen LogP) is 4.04. The Balaban J connectivity index is 2.09. The molecule has 1 aliphatic rings. The van der Waals surface area contributed by atoms with E-state index in [0.29, 0.717) is 11.6 Å². The summed E-state index contributed by atoms with van der Waals surface area (Å²) in [6.45, 7) is 6.19. The number of nitrogens with zero attached hydrogens (tertiary/aromatic N) is 1. The molecule has 110 valence electrons. The average Bonchev–Trinajstić information content (AvgIpc) is 2.79. The quantitative estimate of drug-likeness (QED) is 0.881. The zero-order chi connectivity index (χ0) is 14.9. The summed E-state index contributed by atoms with van der Waals surface area (Å²) in [4.78, 5) is 13.8. The van der Waals surface area contributed by atoms with Crippen molar-refractivity contribution < 1.29 is 9.90 Å². The summed E-state index contributed by atoms with van der Waals surface area (Å²) in [7, 11) is 0. The van der Waals surface area contributed by atoms with Gasteiger partial charge in [-0.25, -0.2) is 0 Å². The van der Waals surface area contributed by atoms with E-state index in [1.165, 1.54) is 0 Å². The molecule has 1 heterocycles. The van der Waals surface area contributed by atoms with Crippen molar-refractivity contribution in [3.05, 3.63) is 33.3 Å². The van der Waals surface area contributed by atoms with E-state index in [2.05, 4.69) is 20.8 Å². The van der Waals surface area contributed by atoms with E-state index < -0.39 is 11.4 Å². The predicted molar refractivity (Wildman–Crippen MR) is 84.0 cm³/mol. The molecular formula is C15H19BrClNO2. The molecule has 0 saturated carbocycles. The molecule has 1 fully saturated rings. The minimum absolute atomic E-state index is 0.141. The molecule has 1 atom stereocenters. The van der Waals surface area contributed by atoms with Crippen molar-refractivity contribution in [3.63, 3.8) is 0 Å². The van der Waals surface area contributed by atoms with Gasteiger partial charge in [0.1, 0.15) is 0 Å². The molecule has 0 bridgehead atoms. The molecule has 1 unspecified atom stereocenters. The lowest BCUT2D eigenvalue weighted by atomic mass is 9.76. The van der Waals surface area contributed by atoms with Crippen molar-refractivity contribution in [2.24, 2.45) is 11.3 Å². The molecule has 0 aromatic heterocycles. The normalized spacial score (nSPS) is 23.4. The van der Waals surface area contributed by atoms with Crippen molar-refractivity contribution in [3.8, 4) is 0 Å². The Hall–Kier alpha value is -0.580. The van der Waals surface area contributed by atoms with Gasteiger partial charge in [-0.2, -0.15) is 0 Å². The van der Waals surface area contributed by atoms with Crippen molar-refractivity contribution in [1.82, 2.24) is 4.90 Å². The van der Waals surface area contributed by atoms with E-state index in [9.17, 15) is 9.90 Å². The van der Waals surface area contributed by atoms with Crippen molar-refractivity contribution in [2.45, 2.75) is 26.8 Å². The molecule has 0 aliphatic carbocycles. The van der Waals surface area contributed by atoms with Gasteiger partial charge in [-0.3, -0.25) is 9.69 Å². The van der Waals surface area contributed by atoms with E-state index in [4.69, 9.17) is 11.6 Å². The van der Waals surface area contributed by atoms with Crippen LogP contribution in [0.4, 0.5) is 0 Å². The summed E-state index contributed by atoms with van der Waals surface area (Å²) in [5.41, 5.74) is 0.537. The highest BCUT2D eigenvalue weighted by molar-refractivity contribution is 9.10. The molecule has 3 nitrogen and oxygen atoms in total. The Bertz CT molecular complexity index is 521. The second-order valence-electron chi connectivity index (χ2n) is 5.83. The third-order valence-electron chi connectivity index (χ3n) is 4.30. The molecule has 20 heavy (non-hydrogen) atoms. The van der Waals surface area contributed by atoms with Gasteiger partial charge in [-0.15, -0.1) is 0 Å². The maximum Gasteiger partial charge on any atom is 0.311 e. The van der Waals surface area contributed by atoms with Crippen LogP contribution >= 0.6 is 27.5 Å². The molecule has 1 N–H and O–H groups in total. The molecule has 1 aromatic carbocycles. The summed E-state index contributed by atoms with van der Waals surface area (Å²) in [6, 6.07) is 5.85. The lowest BCUT2D eigenvalue weighted by molar-refractivity contribution is -0.151. The molecular weight excluding hydrogens is 342 g/mol. The summed E-state index contributed by atoms with van der Waals surface area (Å²) in [5, 5.41) is 10.2. The summed E-state index contributed by atoms with van der Waals surface area (Å²) in [6.07, 6.45) is 0.717. The minimum atomic E-state index is -0.674.